The Labute approximate surface area is 112 Å². The number of nitrogens with zero attached hydrogens (tertiary/aromatic N) is 2. The molecule has 0 aromatic heterocycles. The van der Waals surface area contributed by atoms with Crippen molar-refractivity contribution in [3.63, 3.8) is 0 Å². The minimum absolute atomic E-state index is 0.683. The lowest BCUT2D eigenvalue weighted by molar-refractivity contribution is 0.0393. The normalized spacial score (nSPS) is 17.0. The lowest BCUT2D eigenvalue weighted by Crippen LogP contribution is -2.33. The van der Waals surface area contributed by atoms with Crippen LogP contribution >= 0.6 is 11.6 Å². The Morgan fingerprint density at radius 1 is 1.44 bits per heavy atom. The van der Waals surface area contributed by atoms with Gasteiger partial charge in [-0.3, -0.25) is 5.01 Å². The van der Waals surface area contributed by atoms with Crippen molar-refractivity contribution in [2.75, 3.05) is 32.0 Å². The third-order valence-corrected chi connectivity index (χ3v) is 3.15. The van der Waals surface area contributed by atoms with Crippen LogP contribution in [0.25, 0.3) is 0 Å². The first-order valence-electron chi connectivity index (χ1n) is 6.16. The predicted molar refractivity (Wildman–Crippen MR) is 75.1 cm³/mol. The number of nitrogen functional groups attached to an aromatic ring is 1. The molecular formula is C13H18ClN3O. The Kier molecular flexibility index (Phi) is 4.44. The summed E-state index contributed by atoms with van der Waals surface area (Å²) < 4.78 is 5.31. The van der Waals surface area contributed by atoms with Gasteiger partial charge in [0.1, 0.15) is 0 Å². The number of nitrogens with two attached hydrogens (primary N) is 1. The Hall–Kier alpha value is -1.26. The second kappa shape index (κ2) is 6.07. The first-order chi connectivity index (χ1) is 8.70. The molecule has 98 valence electrons. The van der Waals surface area contributed by atoms with Gasteiger partial charge < -0.3 is 10.5 Å². The summed E-state index contributed by atoms with van der Waals surface area (Å²) in [5.41, 5.74) is 8.60. The Balaban J connectivity index is 2.26. The third kappa shape index (κ3) is 3.15. The van der Waals surface area contributed by atoms with Gasteiger partial charge in [-0.05, 0) is 24.6 Å². The van der Waals surface area contributed by atoms with Crippen LogP contribution in [0.5, 0.6) is 0 Å². The average molecular weight is 268 g/mol. The first-order valence-corrected chi connectivity index (χ1v) is 6.54. The monoisotopic (exact) mass is 267 g/mol. The molecule has 5 heteroatoms. The molecule has 1 heterocycles. The number of morpholine rings is 1. The molecule has 0 bridgehead atoms. The van der Waals surface area contributed by atoms with E-state index in [1.807, 2.05) is 17.1 Å². The number of halogens is 1. The molecule has 1 aromatic carbocycles. The Morgan fingerprint density at radius 2 is 2.17 bits per heavy atom. The van der Waals surface area contributed by atoms with Crippen molar-refractivity contribution in [3.05, 3.63) is 28.8 Å². The summed E-state index contributed by atoms with van der Waals surface area (Å²) in [5, 5.41) is 7.37. The van der Waals surface area contributed by atoms with E-state index in [9.17, 15) is 0 Å². The lowest BCUT2D eigenvalue weighted by Gasteiger charge is -2.25. The molecule has 0 saturated carbocycles. The van der Waals surface area contributed by atoms with E-state index in [-0.39, 0.29) is 0 Å². The molecule has 0 atom stereocenters. The number of hydrogen-bond acceptors (Lipinski definition) is 4. The van der Waals surface area contributed by atoms with Crippen LogP contribution in [-0.4, -0.2) is 37.0 Å². The minimum atomic E-state index is 0.683. The van der Waals surface area contributed by atoms with Gasteiger partial charge in [-0.1, -0.05) is 18.5 Å². The van der Waals surface area contributed by atoms with E-state index in [1.165, 1.54) is 0 Å². The van der Waals surface area contributed by atoms with Crippen LogP contribution in [0.15, 0.2) is 23.3 Å². The molecule has 0 spiro atoms. The van der Waals surface area contributed by atoms with Gasteiger partial charge in [0.15, 0.2) is 0 Å². The molecule has 1 fully saturated rings. The van der Waals surface area contributed by atoms with Crippen molar-refractivity contribution in [2.24, 2.45) is 5.10 Å². The van der Waals surface area contributed by atoms with E-state index in [2.05, 4.69) is 12.0 Å². The van der Waals surface area contributed by atoms with Gasteiger partial charge in [-0.2, -0.15) is 5.10 Å². The number of hydrazone groups is 1. The lowest BCUT2D eigenvalue weighted by atomic mass is 10.1. The van der Waals surface area contributed by atoms with Crippen molar-refractivity contribution < 1.29 is 4.74 Å². The van der Waals surface area contributed by atoms with Crippen molar-refractivity contribution in [3.8, 4) is 0 Å². The van der Waals surface area contributed by atoms with Crippen LogP contribution in [0.2, 0.25) is 5.02 Å². The van der Waals surface area contributed by atoms with E-state index in [0.29, 0.717) is 10.7 Å². The van der Waals surface area contributed by atoms with Crippen LogP contribution in [0, 0.1) is 0 Å². The van der Waals surface area contributed by atoms with E-state index in [1.54, 1.807) is 6.07 Å². The number of ether oxygens (including phenoxy) is 1. The third-order valence-electron chi connectivity index (χ3n) is 2.91. The molecule has 2 rings (SSSR count). The second-order valence-corrected chi connectivity index (χ2v) is 4.63. The molecule has 4 nitrogen and oxygen atoms in total. The minimum Gasteiger partial charge on any atom is -0.398 e. The Bertz CT molecular complexity index is 442. The van der Waals surface area contributed by atoms with Gasteiger partial charge in [0, 0.05) is 16.3 Å². The summed E-state index contributed by atoms with van der Waals surface area (Å²) >= 11 is 6.02. The number of benzene rings is 1. The topological polar surface area (TPSA) is 50.8 Å². The van der Waals surface area contributed by atoms with Gasteiger partial charge in [-0.15, -0.1) is 0 Å². The standard InChI is InChI=1S/C13H18ClN3O/c1-2-13(16-17-5-7-18-8-6-17)11-9-10(14)3-4-12(11)15/h3-4,9H,2,5-8,15H2,1H3/b16-13+. The largest absolute Gasteiger partial charge is 0.398 e. The highest BCUT2D eigenvalue weighted by Gasteiger charge is 2.12. The van der Waals surface area contributed by atoms with Crippen LogP contribution in [0.3, 0.4) is 0 Å². The van der Waals surface area contributed by atoms with E-state index < -0.39 is 0 Å². The van der Waals surface area contributed by atoms with Crippen LogP contribution in [-0.2, 0) is 4.74 Å². The van der Waals surface area contributed by atoms with Gasteiger partial charge in [-0.25, -0.2) is 0 Å². The summed E-state index contributed by atoms with van der Waals surface area (Å²) in [6.07, 6.45) is 0.821. The maximum absolute atomic E-state index is 6.02. The van der Waals surface area contributed by atoms with Crippen molar-refractivity contribution in [1.29, 1.82) is 0 Å². The van der Waals surface area contributed by atoms with Gasteiger partial charge in [0.05, 0.1) is 32.0 Å². The van der Waals surface area contributed by atoms with E-state index in [4.69, 9.17) is 22.1 Å². The molecule has 0 amide bonds. The molecule has 1 aliphatic heterocycles. The van der Waals surface area contributed by atoms with E-state index in [0.717, 1.165) is 44.0 Å². The zero-order chi connectivity index (χ0) is 13.0. The summed E-state index contributed by atoms with van der Waals surface area (Å²) in [7, 11) is 0. The predicted octanol–water partition coefficient (Wildman–Crippen LogP) is 2.37. The fourth-order valence-corrected chi connectivity index (χ4v) is 2.09. The zero-order valence-corrected chi connectivity index (χ0v) is 11.3. The number of anilines is 1. The van der Waals surface area contributed by atoms with Crippen molar-refractivity contribution in [1.82, 2.24) is 5.01 Å². The maximum Gasteiger partial charge on any atom is 0.0696 e. The smallest absolute Gasteiger partial charge is 0.0696 e. The van der Waals surface area contributed by atoms with E-state index >= 15 is 0 Å². The van der Waals surface area contributed by atoms with Crippen LogP contribution in [0.1, 0.15) is 18.9 Å². The molecule has 0 unspecified atom stereocenters. The van der Waals surface area contributed by atoms with Gasteiger partial charge >= 0.3 is 0 Å². The molecule has 2 N–H and O–H groups in total. The first kappa shape index (κ1) is 13.2. The SMILES string of the molecule is CC/C(=N\N1CCOCC1)c1cc(Cl)ccc1N. The quantitative estimate of drug-likeness (QED) is 0.676. The fraction of sp³-hybridized carbons (Fsp3) is 0.462. The molecule has 0 aliphatic carbocycles. The summed E-state index contributed by atoms with van der Waals surface area (Å²) in [5.74, 6) is 0. The Morgan fingerprint density at radius 3 is 2.83 bits per heavy atom. The second-order valence-electron chi connectivity index (χ2n) is 4.20. The molecular weight excluding hydrogens is 250 g/mol. The van der Waals surface area contributed by atoms with Crippen LogP contribution in [0.4, 0.5) is 5.69 Å². The molecule has 1 aromatic rings. The van der Waals surface area contributed by atoms with Crippen molar-refractivity contribution in [2.45, 2.75) is 13.3 Å². The van der Waals surface area contributed by atoms with Crippen molar-refractivity contribution >= 4 is 23.0 Å². The number of rotatable bonds is 3. The summed E-state index contributed by atoms with van der Waals surface area (Å²) in [6, 6.07) is 5.49. The zero-order valence-electron chi connectivity index (χ0n) is 10.5. The van der Waals surface area contributed by atoms with Gasteiger partial charge in [0.25, 0.3) is 0 Å². The highest BCUT2D eigenvalue weighted by atomic mass is 35.5. The van der Waals surface area contributed by atoms with Gasteiger partial charge in [0.2, 0.25) is 0 Å². The summed E-state index contributed by atoms with van der Waals surface area (Å²) in [4.78, 5) is 0. The summed E-state index contributed by atoms with van der Waals surface area (Å²) in [6.45, 7) is 5.17. The molecule has 18 heavy (non-hydrogen) atoms. The molecule has 1 saturated heterocycles. The molecule has 1 aliphatic rings. The number of hydrogen-bond donors (Lipinski definition) is 1. The molecule has 0 radical (unpaired) electrons. The maximum atomic E-state index is 6.02. The average Bonchev–Trinajstić information content (AvgIpc) is 2.40. The fourth-order valence-electron chi connectivity index (χ4n) is 1.92. The van der Waals surface area contributed by atoms with Crippen LogP contribution < -0.4 is 5.73 Å². The highest BCUT2D eigenvalue weighted by molar-refractivity contribution is 6.31. The highest BCUT2D eigenvalue weighted by Crippen LogP contribution is 2.20.